The van der Waals surface area contributed by atoms with Gasteiger partial charge in [-0.05, 0) is 39.0 Å². The van der Waals surface area contributed by atoms with E-state index in [-0.39, 0.29) is 12.1 Å². The lowest BCUT2D eigenvalue weighted by Gasteiger charge is -2.39. The van der Waals surface area contributed by atoms with Crippen LogP contribution < -0.4 is 5.32 Å². The fraction of sp³-hybridized carbons (Fsp3) is 0.840. The third kappa shape index (κ3) is 9.93. The Hall–Kier alpha value is -1.16. The van der Waals surface area contributed by atoms with Gasteiger partial charge in [-0.2, -0.15) is 0 Å². The molecule has 1 amide bonds. The molecular formula is C25H48N3O+. The van der Waals surface area contributed by atoms with E-state index in [1.54, 1.807) is 6.92 Å². The van der Waals surface area contributed by atoms with Crippen LogP contribution in [-0.2, 0) is 4.79 Å². The van der Waals surface area contributed by atoms with Crippen LogP contribution in [0.25, 0.3) is 0 Å². The van der Waals surface area contributed by atoms with Gasteiger partial charge >= 0.3 is 0 Å². The number of allylic oxidation sites excluding steroid dienone is 2. The number of quaternary nitrogens is 1. The van der Waals surface area contributed by atoms with Gasteiger partial charge in [0.2, 0.25) is 5.91 Å². The molecule has 1 aliphatic heterocycles. The number of hydrogen-bond donors (Lipinski definition) is 1. The second-order valence-electron chi connectivity index (χ2n) is 8.73. The predicted molar refractivity (Wildman–Crippen MR) is 126 cm³/mol. The molecule has 0 spiro atoms. The van der Waals surface area contributed by atoms with Crippen molar-refractivity contribution in [1.29, 1.82) is 0 Å². The molecule has 4 nitrogen and oxygen atoms in total. The summed E-state index contributed by atoms with van der Waals surface area (Å²) < 4.78 is 0.841. The summed E-state index contributed by atoms with van der Waals surface area (Å²) in [5.41, 5.74) is 0. The Morgan fingerprint density at radius 2 is 1.59 bits per heavy atom. The maximum Gasteiger partial charge on any atom is 0.221 e. The summed E-state index contributed by atoms with van der Waals surface area (Å²) in [5, 5.41) is 3.10. The van der Waals surface area contributed by atoms with Gasteiger partial charge in [0, 0.05) is 20.3 Å². The van der Waals surface area contributed by atoms with Crippen molar-refractivity contribution in [1.82, 2.24) is 5.32 Å². The molecule has 0 saturated heterocycles. The largest absolute Gasteiger partial charge is 0.307 e. The van der Waals surface area contributed by atoms with E-state index >= 15 is 0 Å². The van der Waals surface area contributed by atoms with Crippen LogP contribution in [0.5, 0.6) is 0 Å². The van der Waals surface area contributed by atoms with Gasteiger partial charge in [0.1, 0.15) is 6.54 Å². The average Bonchev–Trinajstić information content (AvgIpc) is 3.12. The van der Waals surface area contributed by atoms with Crippen molar-refractivity contribution in [3.8, 4) is 0 Å². The van der Waals surface area contributed by atoms with Crippen LogP contribution >= 0.6 is 0 Å². The first-order valence-electron chi connectivity index (χ1n) is 12.4. The molecule has 29 heavy (non-hydrogen) atoms. The Kier molecular flexibility index (Phi) is 14.0. The molecule has 2 unspecified atom stereocenters. The highest BCUT2D eigenvalue weighted by Crippen LogP contribution is 2.23. The molecular weight excluding hydrogens is 358 g/mol. The molecule has 4 heteroatoms. The number of likely N-dealkylation sites (N-methyl/N-ethyl adjacent to an activating group) is 1. The Morgan fingerprint density at radius 3 is 2.17 bits per heavy atom. The standard InChI is InChI=1S/C25H47N3O/c1-5-7-8-9-10-11-12-13-14-15-16-17-18-19-20-25-26-21-22-28(25,6-2)23(3)27-24(4)29/h15-16,23H,5-14,17-22H2,1-4H3/p+1/b16-15+. The van der Waals surface area contributed by atoms with E-state index in [9.17, 15) is 4.79 Å². The van der Waals surface area contributed by atoms with Crippen molar-refractivity contribution < 1.29 is 9.28 Å². The lowest BCUT2D eigenvalue weighted by molar-refractivity contribution is -0.861. The highest BCUT2D eigenvalue weighted by Gasteiger charge is 2.41. The average molecular weight is 407 g/mol. The molecule has 0 radical (unpaired) electrons. The van der Waals surface area contributed by atoms with E-state index in [2.05, 4.69) is 38.2 Å². The third-order valence-electron chi connectivity index (χ3n) is 6.44. The maximum atomic E-state index is 11.5. The van der Waals surface area contributed by atoms with Crippen LogP contribution in [0.4, 0.5) is 0 Å². The van der Waals surface area contributed by atoms with Crippen molar-refractivity contribution in [3.05, 3.63) is 12.2 Å². The molecule has 0 aromatic carbocycles. The van der Waals surface area contributed by atoms with Crippen molar-refractivity contribution in [2.24, 2.45) is 4.99 Å². The van der Waals surface area contributed by atoms with Crippen LogP contribution in [0.15, 0.2) is 17.1 Å². The second kappa shape index (κ2) is 15.6. The third-order valence-corrected chi connectivity index (χ3v) is 6.44. The molecule has 0 bridgehead atoms. The topological polar surface area (TPSA) is 41.5 Å². The van der Waals surface area contributed by atoms with Crippen LogP contribution in [0.1, 0.15) is 111 Å². The van der Waals surface area contributed by atoms with Crippen molar-refractivity contribution in [2.45, 2.75) is 117 Å². The summed E-state index contributed by atoms with van der Waals surface area (Å²) in [4.78, 5) is 16.3. The maximum absolute atomic E-state index is 11.5. The summed E-state index contributed by atoms with van der Waals surface area (Å²) in [7, 11) is 0. The number of hydrogen-bond acceptors (Lipinski definition) is 2. The van der Waals surface area contributed by atoms with Gasteiger partial charge in [0.05, 0.1) is 13.1 Å². The fourth-order valence-corrected chi connectivity index (χ4v) is 4.56. The number of carbonyl (C=O) groups excluding carboxylic acids is 1. The highest BCUT2D eigenvalue weighted by atomic mass is 16.1. The monoisotopic (exact) mass is 406 g/mol. The summed E-state index contributed by atoms with van der Waals surface area (Å²) in [5.74, 6) is 1.34. The molecule has 0 fully saturated rings. The minimum atomic E-state index is 0.0522. The SMILES string of the molecule is CCCCCCCCCC/C=C/CCCCC1=NCC[N+]1(CC)C(C)NC(C)=O. The highest BCUT2D eigenvalue weighted by molar-refractivity contribution is 5.78. The molecule has 0 aromatic rings. The Balaban J connectivity index is 2.13. The van der Waals surface area contributed by atoms with Gasteiger partial charge in [0.15, 0.2) is 12.0 Å². The molecule has 0 aromatic heterocycles. The number of carbonyl (C=O) groups is 1. The van der Waals surface area contributed by atoms with Gasteiger partial charge in [-0.1, -0.05) is 64.0 Å². The van der Waals surface area contributed by atoms with Crippen LogP contribution in [0.2, 0.25) is 0 Å². The van der Waals surface area contributed by atoms with E-state index in [4.69, 9.17) is 4.99 Å². The zero-order valence-electron chi connectivity index (χ0n) is 19.8. The lowest BCUT2D eigenvalue weighted by Crippen LogP contribution is -2.62. The van der Waals surface area contributed by atoms with E-state index in [1.165, 1.54) is 82.9 Å². The molecule has 1 N–H and O–H groups in total. The van der Waals surface area contributed by atoms with Crippen LogP contribution in [-0.4, -0.2) is 42.0 Å². The summed E-state index contributed by atoms with van der Waals surface area (Å²) >= 11 is 0. The molecule has 1 heterocycles. The van der Waals surface area contributed by atoms with Crippen molar-refractivity contribution in [2.75, 3.05) is 19.6 Å². The number of unbranched alkanes of at least 4 members (excludes halogenated alkanes) is 10. The number of rotatable bonds is 17. The van der Waals surface area contributed by atoms with Crippen LogP contribution in [0.3, 0.4) is 0 Å². The second-order valence-corrected chi connectivity index (χ2v) is 8.73. The Morgan fingerprint density at radius 1 is 1.00 bits per heavy atom. The summed E-state index contributed by atoms with van der Waals surface area (Å²) in [6.07, 6.45) is 21.9. The fourth-order valence-electron chi connectivity index (χ4n) is 4.56. The first kappa shape index (κ1) is 25.9. The van der Waals surface area contributed by atoms with Gasteiger partial charge in [-0.25, -0.2) is 4.99 Å². The summed E-state index contributed by atoms with van der Waals surface area (Å²) in [6, 6.07) is 0. The van der Waals surface area contributed by atoms with Crippen LogP contribution in [0, 0.1) is 0 Å². The Bertz CT molecular complexity index is 500. The van der Waals surface area contributed by atoms with E-state index in [0.717, 1.165) is 30.5 Å². The van der Waals surface area contributed by atoms with E-state index in [1.807, 2.05) is 0 Å². The zero-order chi connectivity index (χ0) is 21.4. The number of nitrogens with one attached hydrogen (secondary N) is 1. The van der Waals surface area contributed by atoms with Gasteiger partial charge in [-0.15, -0.1) is 0 Å². The first-order valence-corrected chi connectivity index (χ1v) is 12.4. The molecule has 1 aliphatic rings. The lowest BCUT2D eigenvalue weighted by atomic mass is 10.1. The predicted octanol–water partition coefficient (Wildman–Crippen LogP) is 6.36. The zero-order valence-corrected chi connectivity index (χ0v) is 19.8. The smallest absolute Gasteiger partial charge is 0.221 e. The number of nitrogens with zero attached hydrogens (tertiary/aromatic N) is 2. The van der Waals surface area contributed by atoms with Gasteiger partial charge < -0.3 is 5.32 Å². The molecule has 0 aliphatic carbocycles. The van der Waals surface area contributed by atoms with E-state index < -0.39 is 0 Å². The van der Waals surface area contributed by atoms with Crippen molar-refractivity contribution in [3.63, 3.8) is 0 Å². The van der Waals surface area contributed by atoms with Gasteiger partial charge in [-0.3, -0.25) is 9.28 Å². The number of aliphatic imine (C=N–C) groups is 1. The van der Waals surface area contributed by atoms with Gasteiger partial charge in [0.25, 0.3) is 0 Å². The molecule has 1 rings (SSSR count). The minimum absolute atomic E-state index is 0.0522. The van der Waals surface area contributed by atoms with Crippen molar-refractivity contribution >= 4 is 11.7 Å². The Labute approximate surface area is 180 Å². The first-order chi connectivity index (χ1) is 14.1. The molecule has 2 atom stereocenters. The molecule has 168 valence electrons. The molecule has 0 saturated carbocycles. The summed E-state index contributed by atoms with van der Waals surface area (Å²) in [6.45, 7) is 11.1. The normalized spacial score (nSPS) is 20.2. The minimum Gasteiger partial charge on any atom is -0.307 e. The number of amides is 1. The number of amidine groups is 1. The van der Waals surface area contributed by atoms with E-state index in [0.29, 0.717) is 0 Å². The quantitative estimate of drug-likeness (QED) is 0.170.